The van der Waals surface area contributed by atoms with Gasteiger partial charge in [-0.2, -0.15) is 0 Å². The van der Waals surface area contributed by atoms with Crippen LogP contribution in [0.3, 0.4) is 0 Å². The number of nitrogens with two attached hydrogens (primary N) is 1. The summed E-state index contributed by atoms with van der Waals surface area (Å²) in [7, 11) is 0. The smallest absolute Gasteiger partial charge is 0.135 e. The molecule has 80 valence electrons. The lowest BCUT2D eigenvalue weighted by atomic mass is 10.1. The Morgan fingerprint density at radius 1 is 1.12 bits per heavy atom. The molecule has 0 spiro atoms. The molecule has 1 saturated carbocycles. The second-order valence-electron chi connectivity index (χ2n) is 4.17. The number of rotatable bonds is 2. The van der Waals surface area contributed by atoms with Crippen LogP contribution in [0.15, 0.2) is 36.5 Å². The minimum Gasteiger partial charge on any atom is -0.383 e. The molecule has 2 N–H and O–H groups in total. The van der Waals surface area contributed by atoms with Crippen molar-refractivity contribution in [1.29, 1.82) is 0 Å². The summed E-state index contributed by atoms with van der Waals surface area (Å²) in [6.07, 6.45) is 4.24. The fourth-order valence-electron chi connectivity index (χ4n) is 1.79. The number of nitrogens with zero attached hydrogens (tertiary/aromatic N) is 2. The quantitative estimate of drug-likeness (QED) is 0.830. The molecular formula is C13H13N3. The van der Waals surface area contributed by atoms with Crippen LogP contribution in [0.4, 0.5) is 5.82 Å². The molecule has 0 atom stereocenters. The van der Waals surface area contributed by atoms with E-state index < -0.39 is 0 Å². The third-order valence-corrected chi connectivity index (χ3v) is 2.86. The summed E-state index contributed by atoms with van der Waals surface area (Å²) < 4.78 is 0. The van der Waals surface area contributed by atoms with Gasteiger partial charge in [0.1, 0.15) is 11.6 Å². The summed E-state index contributed by atoms with van der Waals surface area (Å²) in [6.45, 7) is 0. The molecule has 1 aliphatic rings. The second-order valence-corrected chi connectivity index (χ2v) is 4.17. The molecule has 3 heteroatoms. The van der Waals surface area contributed by atoms with Gasteiger partial charge in [0.15, 0.2) is 0 Å². The Balaban J connectivity index is 2.02. The number of benzene rings is 1. The van der Waals surface area contributed by atoms with Crippen molar-refractivity contribution in [3.05, 3.63) is 42.4 Å². The van der Waals surface area contributed by atoms with Crippen molar-refractivity contribution in [3.63, 3.8) is 0 Å². The number of aromatic nitrogens is 2. The van der Waals surface area contributed by atoms with Crippen molar-refractivity contribution in [1.82, 2.24) is 9.97 Å². The Morgan fingerprint density at radius 3 is 2.50 bits per heavy atom. The molecule has 0 bridgehead atoms. The fraction of sp³-hybridized carbons (Fsp3) is 0.231. The number of hydrogen-bond acceptors (Lipinski definition) is 3. The van der Waals surface area contributed by atoms with Gasteiger partial charge in [-0.1, -0.05) is 30.3 Å². The Morgan fingerprint density at radius 2 is 1.88 bits per heavy atom. The molecule has 1 aromatic carbocycles. The predicted octanol–water partition coefficient (Wildman–Crippen LogP) is 2.60. The van der Waals surface area contributed by atoms with Crippen molar-refractivity contribution in [2.45, 2.75) is 18.8 Å². The molecule has 0 saturated heterocycles. The van der Waals surface area contributed by atoms with Crippen LogP contribution < -0.4 is 5.73 Å². The summed E-state index contributed by atoms with van der Waals surface area (Å²) in [5.41, 5.74) is 7.96. The van der Waals surface area contributed by atoms with Crippen molar-refractivity contribution in [3.8, 4) is 11.1 Å². The Kier molecular flexibility index (Phi) is 2.10. The zero-order chi connectivity index (χ0) is 11.0. The first-order chi connectivity index (χ1) is 7.84. The minimum absolute atomic E-state index is 0.548. The van der Waals surface area contributed by atoms with Gasteiger partial charge in [-0.15, -0.1) is 0 Å². The van der Waals surface area contributed by atoms with Crippen molar-refractivity contribution in [2.24, 2.45) is 0 Å². The van der Waals surface area contributed by atoms with Crippen LogP contribution in [-0.4, -0.2) is 9.97 Å². The first-order valence-electron chi connectivity index (χ1n) is 5.52. The first-order valence-corrected chi connectivity index (χ1v) is 5.52. The summed E-state index contributed by atoms with van der Waals surface area (Å²) in [5, 5.41) is 0. The van der Waals surface area contributed by atoms with E-state index in [4.69, 9.17) is 5.73 Å². The summed E-state index contributed by atoms with van der Waals surface area (Å²) in [6, 6.07) is 10.0. The molecule has 3 nitrogen and oxygen atoms in total. The fourth-order valence-corrected chi connectivity index (χ4v) is 1.79. The number of nitrogen functional groups attached to an aromatic ring is 1. The molecule has 0 amide bonds. The maximum Gasteiger partial charge on any atom is 0.135 e. The van der Waals surface area contributed by atoms with Gasteiger partial charge in [-0.3, -0.25) is 0 Å². The first kappa shape index (κ1) is 9.33. The summed E-state index contributed by atoms with van der Waals surface area (Å²) >= 11 is 0. The van der Waals surface area contributed by atoms with Gasteiger partial charge in [0.25, 0.3) is 0 Å². The molecule has 3 rings (SSSR count). The van der Waals surface area contributed by atoms with Crippen LogP contribution in [0.2, 0.25) is 0 Å². The molecule has 16 heavy (non-hydrogen) atoms. The lowest BCUT2D eigenvalue weighted by molar-refractivity contribution is 0.934. The van der Waals surface area contributed by atoms with E-state index >= 15 is 0 Å². The molecule has 0 radical (unpaired) electrons. The van der Waals surface area contributed by atoms with E-state index in [0.29, 0.717) is 11.7 Å². The van der Waals surface area contributed by atoms with Crippen LogP contribution in [-0.2, 0) is 0 Å². The molecular weight excluding hydrogens is 198 g/mol. The van der Waals surface area contributed by atoms with Crippen LogP contribution in [0.5, 0.6) is 0 Å². The van der Waals surface area contributed by atoms with E-state index in [-0.39, 0.29) is 0 Å². The second kappa shape index (κ2) is 3.59. The SMILES string of the molecule is Nc1nc(C2CC2)ncc1-c1ccccc1. The van der Waals surface area contributed by atoms with Gasteiger partial charge in [-0.25, -0.2) is 9.97 Å². The predicted molar refractivity (Wildman–Crippen MR) is 63.9 cm³/mol. The lowest BCUT2D eigenvalue weighted by Gasteiger charge is -2.05. The van der Waals surface area contributed by atoms with Crippen molar-refractivity contribution < 1.29 is 0 Å². The Bertz CT molecular complexity index is 504. The van der Waals surface area contributed by atoms with E-state index in [2.05, 4.69) is 9.97 Å². The average Bonchev–Trinajstić information content (AvgIpc) is 3.14. The van der Waals surface area contributed by atoms with Crippen LogP contribution in [0.25, 0.3) is 11.1 Å². The van der Waals surface area contributed by atoms with Crippen LogP contribution >= 0.6 is 0 Å². The molecule has 1 heterocycles. The zero-order valence-electron chi connectivity index (χ0n) is 8.93. The molecule has 0 aliphatic heterocycles. The van der Waals surface area contributed by atoms with E-state index in [1.165, 1.54) is 12.8 Å². The van der Waals surface area contributed by atoms with Gasteiger partial charge < -0.3 is 5.73 Å². The van der Waals surface area contributed by atoms with E-state index in [9.17, 15) is 0 Å². The standard InChI is InChI=1S/C13H13N3/c14-12-11(9-4-2-1-3-5-9)8-15-13(16-12)10-6-7-10/h1-5,8,10H,6-7H2,(H2,14,15,16). The van der Waals surface area contributed by atoms with Gasteiger partial charge in [0, 0.05) is 17.7 Å². The van der Waals surface area contributed by atoms with Crippen LogP contribution in [0, 0.1) is 0 Å². The molecule has 1 aliphatic carbocycles. The highest BCUT2D eigenvalue weighted by Gasteiger charge is 2.26. The Labute approximate surface area is 94.4 Å². The number of hydrogen-bond donors (Lipinski definition) is 1. The highest BCUT2D eigenvalue weighted by molar-refractivity contribution is 5.72. The minimum atomic E-state index is 0.548. The highest BCUT2D eigenvalue weighted by Crippen LogP contribution is 2.38. The largest absolute Gasteiger partial charge is 0.383 e. The summed E-state index contributed by atoms with van der Waals surface area (Å²) in [4.78, 5) is 8.76. The maximum atomic E-state index is 5.97. The molecule has 1 fully saturated rings. The normalized spacial score (nSPS) is 15.0. The molecule has 2 aromatic rings. The van der Waals surface area contributed by atoms with Gasteiger partial charge in [0.2, 0.25) is 0 Å². The maximum absolute atomic E-state index is 5.97. The average molecular weight is 211 g/mol. The lowest BCUT2D eigenvalue weighted by Crippen LogP contribution is -2.00. The third kappa shape index (κ3) is 1.65. The topological polar surface area (TPSA) is 51.8 Å². The highest BCUT2D eigenvalue weighted by atomic mass is 15.0. The monoisotopic (exact) mass is 211 g/mol. The van der Waals surface area contributed by atoms with E-state index in [0.717, 1.165) is 17.0 Å². The van der Waals surface area contributed by atoms with Crippen molar-refractivity contribution >= 4 is 5.82 Å². The van der Waals surface area contributed by atoms with Gasteiger partial charge in [-0.05, 0) is 18.4 Å². The van der Waals surface area contributed by atoms with Gasteiger partial charge >= 0.3 is 0 Å². The Hall–Kier alpha value is -1.90. The molecule has 0 unspecified atom stereocenters. The summed E-state index contributed by atoms with van der Waals surface area (Å²) in [5.74, 6) is 2.03. The number of anilines is 1. The van der Waals surface area contributed by atoms with Gasteiger partial charge in [0.05, 0.1) is 0 Å². The van der Waals surface area contributed by atoms with E-state index in [1.54, 1.807) is 0 Å². The van der Waals surface area contributed by atoms with Crippen LogP contribution in [0.1, 0.15) is 24.6 Å². The third-order valence-electron chi connectivity index (χ3n) is 2.86. The van der Waals surface area contributed by atoms with E-state index in [1.807, 2.05) is 36.5 Å². The van der Waals surface area contributed by atoms with Crippen molar-refractivity contribution in [2.75, 3.05) is 5.73 Å². The molecule has 1 aromatic heterocycles. The zero-order valence-corrected chi connectivity index (χ0v) is 8.93.